The fourth-order valence-electron chi connectivity index (χ4n) is 1.38. The largest absolute Gasteiger partial charge is 0.352 e. The molecule has 0 spiro atoms. The maximum Gasteiger partial charge on any atom is 0.225 e. The van der Waals surface area contributed by atoms with E-state index in [1.165, 1.54) is 11.1 Å². The molecule has 0 unspecified atom stereocenters. The van der Waals surface area contributed by atoms with Gasteiger partial charge in [0.25, 0.3) is 0 Å². The van der Waals surface area contributed by atoms with Crippen molar-refractivity contribution in [3.63, 3.8) is 0 Å². The third kappa shape index (κ3) is 3.09. The van der Waals surface area contributed by atoms with E-state index in [4.69, 9.17) is 0 Å². The third-order valence-electron chi connectivity index (χ3n) is 3.20. The van der Waals surface area contributed by atoms with Crippen molar-refractivity contribution in [2.24, 2.45) is 5.41 Å². The minimum absolute atomic E-state index is 0.123. The zero-order valence-electron chi connectivity index (χ0n) is 10.6. The highest BCUT2D eigenvalue weighted by Gasteiger charge is 2.24. The molecule has 1 amide bonds. The molecule has 0 heterocycles. The first-order valence-corrected chi connectivity index (χ1v) is 5.80. The molecule has 0 saturated carbocycles. The van der Waals surface area contributed by atoms with Crippen LogP contribution in [0.15, 0.2) is 24.3 Å². The first-order chi connectivity index (χ1) is 7.47. The Hall–Kier alpha value is -1.31. The number of rotatable bonds is 4. The van der Waals surface area contributed by atoms with Gasteiger partial charge < -0.3 is 5.32 Å². The molecular formula is C14H21NO. The van der Waals surface area contributed by atoms with Gasteiger partial charge in [-0.3, -0.25) is 4.79 Å². The van der Waals surface area contributed by atoms with Crippen molar-refractivity contribution < 1.29 is 4.79 Å². The van der Waals surface area contributed by atoms with Crippen molar-refractivity contribution in [3.05, 3.63) is 35.4 Å². The van der Waals surface area contributed by atoms with E-state index in [-0.39, 0.29) is 11.3 Å². The highest BCUT2D eigenvalue weighted by molar-refractivity contribution is 5.81. The molecule has 1 aromatic carbocycles. The average Bonchev–Trinajstić information content (AvgIpc) is 2.27. The van der Waals surface area contributed by atoms with Gasteiger partial charge in [0.15, 0.2) is 0 Å². The number of carbonyl (C=O) groups is 1. The van der Waals surface area contributed by atoms with Gasteiger partial charge >= 0.3 is 0 Å². The van der Waals surface area contributed by atoms with Crippen LogP contribution < -0.4 is 5.32 Å². The van der Waals surface area contributed by atoms with Gasteiger partial charge in [-0.15, -0.1) is 0 Å². The lowest BCUT2D eigenvalue weighted by atomic mass is 9.89. The SMILES string of the molecule is CCC(C)(C)C(=O)NCc1ccccc1C. The summed E-state index contributed by atoms with van der Waals surface area (Å²) in [5.74, 6) is 0.123. The molecule has 0 saturated heterocycles. The highest BCUT2D eigenvalue weighted by Crippen LogP contribution is 2.19. The van der Waals surface area contributed by atoms with Gasteiger partial charge in [0.2, 0.25) is 5.91 Å². The highest BCUT2D eigenvalue weighted by atomic mass is 16.2. The van der Waals surface area contributed by atoms with E-state index in [0.717, 1.165) is 6.42 Å². The van der Waals surface area contributed by atoms with Crippen molar-refractivity contribution in [3.8, 4) is 0 Å². The van der Waals surface area contributed by atoms with Crippen molar-refractivity contribution in [2.45, 2.75) is 40.7 Å². The number of hydrogen-bond acceptors (Lipinski definition) is 1. The lowest BCUT2D eigenvalue weighted by Gasteiger charge is -2.21. The van der Waals surface area contributed by atoms with Gasteiger partial charge in [0.05, 0.1) is 0 Å². The second-order valence-corrected chi connectivity index (χ2v) is 4.85. The summed E-state index contributed by atoms with van der Waals surface area (Å²) < 4.78 is 0. The molecule has 0 aliphatic rings. The molecular weight excluding hydrogens is 198 g/mol. The predicted octanol–water partition coefficient (Wildman–Crippen LogP) is 3.05. The van der Waals surface area contributed by atoms with Crippen molar-refractivity contribution in [1.82, 2.24) is 5.32 Å². The number of hydrogen-bond donors (Lipinski definition) is 1. The van der Waals surface area contributed by atoms with E-state index < -0.39 is 0 Å². The number of benzene rings is 1. The Kier molecular flexibility index (Phi) is 4.11. The molecule has 0 radical (unpaired) electrons. The normalized spacial score (nSPS) is 11.2. The van der Waals surface area contributed by atoms with Gasteiger partial charge in [-0.25, -0.2) is 0 Å². The topological polar surface area (TPSA) is 29.1 Å². The molecule has 0 fully saturated rings. The molecule has 16 heavy (non-hydrogen) atoms. The maximum atomic E-state index is 11.9. The summed E-state index contributed by atoms with van der Waals surface area (Å²) in [4.78, 5) is 11.9. The van der Waals surface area contributed by atoms with Gasteiger partial charge in [0.1, 0.15) is 0 Å². The van der Waals surface area contributed by atoms with Crippen LogP contribution in [0.2, 0.25) is 0 Å². The summed E-state index contributed by atoms with van der Waals surface area (Å²) in [6, 6.07) is 8.12. The van der Waals surface area contributed by atoms with E-state index >= 15 is 0 Å². The quantitative estimate of drug-likeness (QED) is 0.828. The van der Waals surface area contributed by atoms with Crippen LogP contribution >= 0.6 is 0 Å². The maximum absolute atomic E-state index is 11.9. The third-order valence-corrected chi connectivity index (χ3v) is 3.20. The summed E-state index contributed by atoms with van der Waals surface area (Å²) in [6.07, 6.45) is 0.854. The zero-order valence-corrected chi connectivity index (χ0v) is 10.6. The summed E-state index contributed by atoms with van der Waals surface area (Å²) >= 11 is 0. The molecule has 1 aromatic rings. The molecule has 0 bridgehead atoms. The van der Waals surface area contributed by atoms with Gasteiger partial charge in [0, 0.05) is 12.0 Å². The van der Waals surface area contributed by atoms with Crippen LogP contribution in [0, 0.1) is 12.3 Å². The minimum Gasteiger partial charge on any atom is -0.352 e. The van der Waals surface area contributed by atoms with E-state index in [1.54, 1.807) is 0 Å². The minimum atomic E-state index is -0.275. The van der Waals surface area contributed by atoms with Crippen LogP contribution in [0.4, 0.5) is 0 Å². The second-order valence-electron chi connectivity index (χ2n) is 4.85. The Bertz CT molecular complexity index is 369. The zero-order chi connectivity index (χ0) is 12.2. The number of nitrogens with one attached hydrogen (secondary N) is 1. The number of aryl methyl sites for hydroxylation is 1. The molecule has 1 rings (SSSR count). The lowest BCUT2D eigenvalue weighted by Crippen LogP contribution is -2.36. The first kappa shape index (κ1) is 12.8. The van der Waals surface area contributed by atoms with Crippen LogP contribution in [0.5, 0.6) is 0 Å². The molecule has 2 heteroatoms. The average molecular weight is 219 g/mol. The molecule has 1 N–H and O–H groups in total. The fourth-order valence-corrected chi connectivity index (χ4v) is 1.38. The van der Waals surface area contributed by atoms with Crippen LogP contribution in [0.25, 0.3) is 0 Å². The summed E-state index contributed by atoms with van der Waals surface area (Å²) in [5, 5.41) is 2.99. The monoisotopic (exact) mass is 219 g/mol. The van der Waals surface area contributed by atoms with Gasteiger partial charge in [-0.1, -0.05) is 45.0 Å². The van der Waals surface area contributed by atoms with E-state index in [0.29, 0.717) is 6.54 Å². The Morgan fingerprint density at radius 1 is 1.31 bits per heavy atom. The summed E-state index contributed by atoms with van der Waals surface area (Å²) in [6.45, 7) is 8.66. The van der Waals surface area contributed by atoms with Gasteiger partial charge in [-0.05, 0) is 24.5 Å². The first-order valence-electron chi connectivity index (χ1n) is 5.80. The number of carbonyl (C=O) groups excluding carboxylic acids is 1. The van der Waals surface area contributed by atoms with Crippen molar-refractivity contribution in [2.75, 3.05) is 0 Å². The fraction of sp³-hybridized carbons (Fsp3) is 0.500. The van der Waals surface area contributed by atoms with Crippen LogP contribution in [-0.2, 0) is 11.3 Å². The molecule has 0 aliphatic carbocycles. The lowest BCUT2D eigenvalue weighted by molar-refractivity contribution is -0.129. The van der Waals surface area contributed by atoms with Crippen molar-refractivity contribution in [1.29, 1.82) is 0 Å². The summed E-state index contributed by atoms with van der Waals surface area (Å²) in [5.41, 5.74) is 2.13. The Morgan fingerprint density at radius 3 is 2.50 bits per heavy atom. The molecule has 88 valence electrons. The summed E-state index contributed by atoms with van der Waals surface area (Å²) in [7, 11) is 0. The second kappa shape index (κ2) is 5.15. The Balaban J connectivity index is 2.59. The van der Waals surface area contributed by atoms with Gasteiger partial charge in [-0.2, -0.15) is 0 Å². The predicted molar refractivity (Wildman–Crippen MR) is 67.1 cm³/mol. The molecule has 0 aliphatic heterocycles. The van der Waals surface area contributed by atoms with Crippen molar-refractivity contribution >= 4 is 5.91 Å². The smallest absolute Gasteiger partial charge is 0.225 e. The van der Waals surface area contributed by atoms with Crippen LogP contribution in [0.1, 0.15) is 38.3 Å². The number of amides is 1. The molecule has 0 atom stereocenters. The molecule has 2 nitrogen and oxygen atoms in total. The van der Waals surface area contributed by atoms with Crippen LogP contribution in [-0.4, -0.2) is 5.91 Å². The Morgan fingerprint density at radius 2 is 1.94 bits per heavy atom. The Labute approximate surface area is 98.1 Å². The van der Waals surface area contributed by atoms with E-state index in [1.807, 2.05) is 32.9 Å². The molecule has 0 aromatic heterocycles. The van der Waals surface area contributed by atoms with Crippen LogP contribution in [0.3, 0.4) is 0 Å². The van der Waals surface area contributed by atoms with E-state index in [2.05, 4.69) is 24.4 Å². The standard InChI is InChI=1S/C14H21NO/c1-5-14(3,4)13(16)15-10-12-9-7-6-8-11(12)2/h6-9H,5,10H2,1-4H3,(H,15,16). The van der Waals surface area contributed by atoms with E-state index in [9.17, 15) is 4.79 Å².